The number of amides is 1. The zero-order chi connectivity index (χ0) is 17.4. The van der Waals surface area contributed by atoms with Gasteiger partial charge in [0.25, 0.3) is 5.91 Å². The van der Waals surface area contributed by atoms with Gasteiger partial charge in [0.15, 0.2) is 5.69 Å². The zero-order valence-electron chi connectivity index (χ0n) is 15.0. The van der Waals surface area contributed by atoms with E-state index < -0.39 is 0 Å². The molecule has 7 heteroatoms. The number of hydrogen-bond acceptors (Lipinski definition) is 4. The maximum atomic E-state index is 12.7. The summed E-state index contributed by atoms with van der Waals surface area (Å²) in [5, 5.41) is 15.6. The first-order chi connectivity index (χ1) is 12.1. The minimum absolute atomic E-state index is 0.105. The average Bonchev–Trinajstić information content (AvgIpc) is 3.20. The molecule has 4 rings (SSSR count). The molecule has 2 aromatic rings. The monoisotopic (exact) mass is 342 g/mol. The second kappa shape index (κ2) is 6.61. The number of rotatable bonds is 3. The Hall–Kier alpha value is -2.18. The van der Waals surface area contributed by atoms with Crippen molar-refractivity contribution < 1.29 is 4.79 Å². The summed E-state index contributed by atoms with van der Waals surface area (Å²) in [5.41, 5.74) is 1.97. The molecule has 3 unspecified atom stereocenters. The summed E-state index contributed by atoms with van der Waals surface area (Å²) in [4.78, 5) is 12.7. The molecule has 2 heterocycles. The third kappa shape index (κ3) is 3.19. The smallest absolute Gasteiger partial charge is 0.273 e. The predicted molar refractivity (Wildman–Crippen MR) is 93.4 cm³/mol. The second-order valence-electron chi connectivity index (χ2n) is 7.60. The predicted octanol–water partition coefficient (Wildman–Crippen LogP) is 2.40. The fourth-order valence-electron chi connectivity index (χ4n) is 4.56. The van der Waals surface area contributed by atoms with Crippen molar-refractivity contribution in [2.75, 3.05) is 0 Å². The third-order valence-electron chi connectivity index (χ3n) is 5.92. The van der Waals surface area contributed by atoms with Crippen LogP contribution in [0.1, 0.15) is 61.1 Å². The normalized spacial score (nSPS) is 26.2. The molecule has 7 nitrogen and oxygen atoms in total. The summed E-state index contributed by atoms with van der Waals surface area (Å²) in [6.07, 6.45) is 12.5. The Morgan fingerprint density at radius 3 is 2.76 bits per heavy atom. The van der Waals surface area contributed by atoms with Crippen molar-refractivity contribution >= 4 is 5.91 Å². The van der Waals surface area contributed by atoms with E-state index in [4.69, 9.17) is 0 Å². The molecule has 1 amide bonds. The fraction of sp³-hybridized carbons (Fsp3) is 0.667. The molecule has 2 aliphatic rings. The lowest BCUT2D eigenvalue weighted by Crippen LogP contribution is -2.42. The van der Waals surface area contributed by atoms with Gasteiger partial charge in [0.1, 0.15) is 5.69 Å². The highest BCUT2D eigenvalue weighted by molar-refractivity contribution is 5.93. The average molecular weight is 342 g/mol. The molecule has 25 heavy (non-hydrogen) atoms. The Kier molecular flexibility index (Phi) is 4.31. The molecule has 0 bridgehead atoms. The van der Waals surface area contributed by atoms with Gasteiger partial charge in [-0.2, -0.15) is 5.10 Å². The van der Waals surface area contributed by atoms with E-state index in [-0.39, 0.29) is 11.9 Å². The molecule has 2 saturated carbocycles. The lowest BCUT2D eigenvalue weighted by atomic mass is 9.69. The van der Waals surface area contributed by atoms with Crippen molar-refractivity contribution in [1.82, 2.24) is 30.1 Å². The quantitative estimate of drug-likeness (QED) is 0.929. The lowest BCUT2D eigenvalue weighted by molar-refractivity contribution is 0.0874. The molecule has 1 N–H and O–H groups in total. The van der Waals surface area contributed by atoms with Crippen LogP contribution in [0.5, 0.6) is 0 Å². The van der Waals surface area contributed by atoms with E-state index in [0.717, 1.165) is 36.1 Å². The maximum absolute atomic E-state index is 12.7. The van der Waals surface area contributed by atoms with Crippen LogP contribution in [0.25, 0.3) is 5.69 Å². The number of nitrogens with one attached hydrogen (secondary N) is 1. The Labute approximate surface area is 147 Å². The van der Waals surface area contributed by atoms with Gasteiger partial charge in [0, 0.05) is 13.1 Å². The molecule has 3 atom stereocenters. The molecule has 134 valence electrons. The van der Waals surface area contributed by atoms with Gasteiger partial charge in [0.05, 0.1) is 18.1 Å². The summed E-state index contributed by atoms with van der Waals surface area (Å²) in [6, 6.07) is 0.273. The fourth-order valence-corrected chi connectivity index (χ4v) is 4.56. The van der Waals surface area contributed by atoms with Gasteiger partial charge in [-0.3, -0.25) is 9.48 Å². The summed E-state index contributed by atoms with van der Waals surface area (Å²) in [6.45, 7) is 1.87. The second-order valence-corrected chi connectivity index (χ2v) is 7.60. The standard InChI is InChI=1S/C18H26N6O/c1-12-17(21-22-24(12)16-10-19-23(2)11-16)18(25)20-15-8-7-13-5-3-4-6-14(13)9-15/h10-11,13-15H,3-9H2,1-2H3,(H,20,25). The highest BCUT2D eigenvalue weighted by Crippen LogP contribution is 2.40. The van der Waals surface area contributed by atoms with Gasteiger partial charge in [-0.05, 0) is 38.0 Å². The Bertz CT molecular complexity index is 763. The number of carbonyl (C=O) groups is 1. The van der Waals surface area contributed by atoms with Gasteiger partial charge >= 0.3 is 0 Å². The first kappa shape index (κ1) is 16.3. The third-order valence-corrected chi connectivity index (χ3v) is 5.92. The summed E-state index contributed by atoms with van der Waals surface area (Å²) < 4.78 is 3.37. The van der Waals surface area contributed by atoms with Crippen LogP contribution in [0, 0.1) is 18.8 Å². The van der Waals surface area contributed by atoms with Crippen LogP contribution in [-0.2, 0) is 7.05 Å². The van der Waals surface area contributed by atoms with Gasteiger partial charge in [-0.15, -0.1) is 5.10 Å². The lowest BCUT2D eigenvalue weighted by Gasteiger charge is -2.39. The summed E-state index contributed by atoms with van der Waals surface area (Å²) >= 11 is 0. The first-order valence-electron chi connectivity index (χ1n) is 9.34. The number of aromatic nitrogens is 5. The van der Waals surface area contributed by atoms with Crippen LogP contribution in [0.2, 0.25) is 0 Å². The highest BCUT2D eigenvalue weighted by Gasteiger charge is 2.33. The van der Waals surface area contributed by atoms with Gasteiger partial charge in [0.2, 0.25) is 0 Å². The Morgan fingerprint density at radius 2 is 2.00 bits per heavy atom. The molecule has 0 spiro atoms. The summed E-state index contributed by atoms with van der Waals surface area (Å²) in [5.74, 6) is 1.57. The van der Waals surface area contributed by atoms with Crippen molar-refractivity contribution in [2.45, 2.75) is 57.9 Å². The molecule has 0 aromatic carbocycles. The van der Waals surface area contributed by atoms with E-state index in [9.17, 15) is 4.79 Å². The number of aryl methyl sites for hydroxylation is 1. The van der Waals surface area contributed by atoms with Gasteiger partial charge < -0.3 is 5.32 Å². The van der Waals surface area contributed by atoms with Crippen molar-refractivity contribution in [2.24, 2.45) is 18.9 Å². The van der Waals surface area contributed by atoms with Crippen molar-refractivity contribution in [1.29, 1.82) is 0 Å². The number of nitrogens with zero attached hydrogens (tertiary/aromatic N) is 5. The minimum Gasteiger partial charge on any atom is -0.348 e. The Balaban J connectivity index is 1.44. The highest BCUT2D eigenvalue weighted by atomic mass is 16.2. The summed E-state index contributed by atoms with van der Waals surface area (Å²) in [7, 11) is 1.85. The van der Waals surface area contributed by atoms with Crippen molar-refractivity contribution in [3.63, 3.8) is 0 Å². The van der Waals surface area contributed by atoms with E-state index in [1.165, 1.54) is 32.1 Å². The van der Waals surface area contributed by atoms with Gasteiger partial charge in [-0.25, -0.2) is 4.68 Å². The van der Waals surface area contributed by atoms with Crippen LogP contribution >= 0.6 is 0 Å². The van der Waals surface area contributed by atoms with E-state index in [2.05, 4.69) is 20.7 Å². The number of carbonyl (C=O) groups excluding carboxylic acids is 1. The molecule has 0 saturated heterocycles. The molecule has 0 radical (unpaired) electrons. The van der Waals surface area contributed by atoms with Gasteiger partial charge in [-0.1, -0.05) is 30.9 Å². The van der Waals surface area contributed by atoms with Crippen molar-refractivity contribution in [3.8, 4) is 5.69 Å². The minimum atomic E-state index is -0.105. The van der Waals surface area contributed by atoms with Crippen LogP contribution in [0.3, 0.4) is 0 Å². The maximum Gasteiger partial charge on any atom is 0.273 e. The molecular weight excluding hydrogens is 316 g/mol. The van der Waals surface area contributed by atoms with E-state index in [1.54, 1.807) is 15.6 Å². The first-order valence-corrected chi connectivity index (χ1v) is 9.34. The largest absolute Gasteiger partial charge is 0.348 e. The molecule has 0 aliphatic heterocycles. The molecule has 2 fully saturated rings. The molecular formula is C18H26N6O. The molecule has 2 aliphatic carbocycles. The SMILES string of the molecule is Cc1c(C(=O)NC2CCC3CCCCC3C2)nnn1-c1cnn(C)c1. The van der Waals surface area contributed by atoms with Crippen LogP contribution in [0.15, 0.2) is 12.4 Å². The van der Waals surface area contributed by atoms with E-state index in [1.807, 2.05) is 20.2 Å². The van der Waals surface area contributed by atoms with Crippen LogP contribution in [-0.4, -0.2) is 36.7 Å². The van der Waals surface area contributed by atoms with E-state index >= 15 is 0 Å². The van der Waals surface area contributed by atoms with Crippen LogP contribution < -0.4 is 5.32 Å². The van der Waals surface area contributed by atoms with E-state index in [0.29, 0.717) is 5.69 Å². The Morgan fingerprint density at radius 1 is 1.20 bits per heavy atom. The number of fused-ring (bicyclic) bond motifs is 1. The number of hydrogen-bond donors (Lipinski definition) is 1. The molecule has 2 aromatic heterocycles. The zero-order valence-corrected chi connectivity index (χ0v) is 15.0. The topological polar surface area (TPSA) is 77.6 Å². The van der Waals surface area contributed by atoms with Crippen LogP contribution in [0.4, 0.5) is 0 Å². The van der Waals surface area contributed by atoms with Crippen molar-refractivity contribution in [3.05, 3.63) is 23.8 Å².